The van der Waals surface area contributed by atoms with Crippen LogP contribution in [0.2, 0.25) is 15.2 Å². The molecular formula is C18H16Cl3N5O. The highest BCUT2D eigenvalue weighted by atomic mass is 35.5. The molecule has 1 amide bonds. The number of aromatic nitrogens is 2. The number of nitrogens with zero attached hydrogens (tertiary/aromatic N) is 3. The first kappa shape index (κ1) is 19.5. The SMILES string of the molecule is CCn1c(C)c(/C=N/NC(=O)c2nc(Cl)c(Cl)c(N)c2Cl)c2ccccc21. The number of hydrogen-bond donors (Lipinski definition) is 2. The minimum absolute atomic E-state index is 0.00437. The molecule has 0 radical (unpaired) electrons. The third kappa shape index (κ3) is 3.48. The minimum Gasteiger partial charge on any atom is -0.396 e. The molecule has 0 unspecified atom stereocenters. The Kier molecular flexibility index (Phi) is 5.60. The van der Waals surface area contributed by atoms with E-state index in [4.69, 9.17) is 40.5 Å². The summed E-state index contributed by atoms with van der Waals surface area (Å²) in [4.78, 5) is 16.2. The number of nitrogens with two attached hydrogens (primary N) is 1. The summed E-state index contributed by atoms with van der Waals surface area (Å²) in [7, 11) is 0. The number of fused-ring (bicyclic) bond motifs is 1. The Labute approximate surface area is 170 Å². The van der Waals surface area contributed by atoms with E-state index in [1.54, 1.807) is 6.21 Å². The molecule has 27 heavy (non-hydrogen) atoms. The largest absolute Gasteiger partial charge is 0.396 e. The molecule has 3 rings (SSSR count). The molecule has 3 N–H and O–H groups in total. The average molecular weight is 425 g/mol. The maximum Gasteiger partial charge on any atom is 0.291 e. The summed E-state index contributed by atoms with van der Waals surface area (Å²) in [6.07, 6.45) is 1.59. The molecule has 140 valence electrons. The first-order valence-corrected chi connectivity index (χ1v) is 9.21. The lowest BCUT2D eigenvalue weighted by molar-refractivity contribution is 0.0950. The summed E-state index contributed by atoms with van der Waals surface area (Å²) >= 11 is 17.8. The molecular weight excluding hydrogens is 409 g/mol. The number of halogens is 3. The number of carbonyl (C=O) groups excluding carboxylic acids is 1. The number of nitrogens with one attached hydrogen (secondary N) is 1. The van der Waals surface area contributed by atoms with Gasteiger partial charge in [-0.25, -0.2) is 10.4 Å². The summed E-state index contributed by atoms with van der Waals surface area (Å²) in [5, 5.41) is 4.92. The second-order valence-corrected chi connectivity index (χ2v) is 6.87. The van der Waals surface area contributed by atoms with Gasteiger partial charge >= 0.3 is 0 Å². The highest BCUT2D eigenvalue weighted by molar-refractivity contribution is 6.46. The van der Waals surface area contributed by atoms with Crippen LogP contribution in [0.1, 0.15) is 28.7 Å². The number of carbonyl (C=O) groups is 1. The summed E-state index contributed by atoms with van der Waals surface area (Å²) in [6.45, 7) is 4.91. The van der Waals surface area contributed by atoms with Crippen molar-refractivity contribution in [2.75, 3.05) is 5.73 Å². The number of hydrogen-bond acceptors (Lipinski definition) is 4. The number of anilines is 1. The van der Waals surface area contributed by atoms with Crippen LogP contribution < -0.4 is 11.2 Å². The topological polar surface area (TPSA) is 85.3 Å². The number of aryl methyl sites for hydroxylation is 1. The van der Waals surface area contributed by atoms with Gasteiger partial charge in [-0.2, -0.15) is 5.10 Å². The first-order valence-electron chi connectivity index (χ1n) is 8.08. The molecule has 0 saturated heterocycles. The number of amides is 1. The Morgan fingerprint density at radius 1 is 1.30 bits per heavy atom. The third-order valence-electron chi connectivity index (χ3n) is 4.24. The second-order valence-electron chi connectivity index (χ2n) is 5.75. The molecule has 3 aromatic rings. The standard InChI is InChI=1S/C18H16Cl3N5O/c1-3-26-9(2)11(10-6-4-5-7-12(10)26)8-23-25-18(27)16-13(19)15(22)14(20)17(21)24-16/h4-8H,3H2,1-2H3,(H2,22,24)(H,25,27)/b23-8+. The molecule has 0 aliphatic rings. The van der Waals surface area contributed by atoms with E-state index in [9.17, 15) is 4.79 Å². The Morgan fingerprint density at radius 3 is 2.70 bits per heavy atom. The maximum atomic E-state index is 12.3. The predicted molar refractivity (Wildman–Crippen MR) is 111 cm³/mol. The van der Waals surface area contributed by atoms with Gasteiger partial charge in [0.1, 0.15) is 5.02 Å². The molecule has 0 aliphatic carbocycles. The zero-order chi connectivity index (χ0) is 19.7. The van der Waals surface area contributed by atoms with Gasteiger partial charge in [-0.15, -0.1) is 0 Å². The molecule has 2 aromatic heterocycles. The lowest BCUT2D eigenvalue weighted by Crippen LogP contribution is -2.20. The van der Waals surface area contributed by atoms with Crippen LogP contribution in [-0.2, 0) is 6.54 Å². The molecule has 9 heteroatoms. The van der Waals surface area contributed by atoms with E-state index in [0.29, 0.717) is 0 Å². The van der Waals surface area contributed by atoms with Crippen molar-refractivity contribution in [2.24, 2.45) is 5.10 Å². The van der Waals surface area contributed by atoms with E-state index >= 15 is 0 Å². The van der Waals surface area contributed by atoms with Crippen molar-refractivity contribution >= 4 is 63.5 Å². The van der Waals surface area contributed by atoms with Crippen LogP contribution in [0.15, 0.2) is 29.4 Å². The van der Waals surface area contributed by atoms with Crippen molar-refractivity contribution in [1.29, 1.82) is 0 Å². The van der Waals surface area contributed by atoms with Gasteiger partial charge in [0.15, 0.2) is 10.8 Å². The van der Waals surface area contributed by atoms with Crippen molar-refractivity contribution in [3.05, 3.63) is 56.4 Å². The van der Waals surface area contributed by atoms with Gasteiger partial charge in [0.2, 0.25) is 0 Å². The summed E-state index contributed by atoms with van der Waals surface area (Å²) in [5.41, 5.74) is 11.0. The third-order valence-corrected chi connectivity index (χ3v) is 5.38. The van der Waals surface area contributed by atoms with E-state index < -0.39 is 5.91 Å². The van der Waals surface area contributed by atoms with Crippen LogP contribution in [0.4, 0.5) is 5.69 Å². The fourth-order valence-electron chi connectivity index (χ4n) is 2.92. The highest BCUT2D eigenvalue weighted by Gasteiger charge is 2.19. The number of rotatable bonds is 4. The van der Waals surface area contributed by atoms with Crippen molar-refractivity contribution in [3.63, 3.8) is 0 Å². The fourth-order valence-corrected chi connectivity index (χ4v) is 3.51. The zero-order valence-corrected chi connectivity index (χ0v) is 16.8. The predicted octanol–water partition coefficient (Wildman–Crippen LogP) is 4.67. The van der Waals surface area contributed by atoms with E-state index in [2.05, 4.69) is 27.0 Å². The van der Waals surface area contributed by atoms with Gasteiger partial charge in [0.05, 0.1) is 16.9 Å². The van der Waals surface area contributed by atoms with Gasteiger partial charge in [-0.3, -0.25) is 4.79 Å². The summed E-state index contributed by atoms with van der Waals surface area (Å²) in [6, 6.07) is 8.00. The molecule has 1 aromatic carbocycles. The fraction of sp³-hybridized carbons (Fsp3) is 0.167. The minimum atomic E-state index is -0.640. The van der Waals surface area contributed by atoms with Gasteiger partial charge in [-0.05, 0) is 19.9 Å². The quantitative estimate of drug-likeness (QED) is 0.362. The normalized spacial score (nSPS) is 11.4. The van der Waals surface area contributed by atoms with Crippen LogP contribution in [0.5, 0.6) is 0 Å². The monoisotopic (exact) mass is 423 g/mol. The van der Waals surface area contributed by atoms with Crippen LogP contribution in [-0.4, -0.2) is 21.7 Å². The Morgan fingerprint density at radius 2 is 2.00 bits per heavy atom. The van der Waals surface area contributed by atoms with Crippen LogP contribution in [0, 0.1) is 6.92 Å². The van der Waals surface area contributed by atoms with Gasteiger partial charge in [0, 0.05) is 28.7 Å². The van der Waals surface area contributed by atoms with Crippen molar-refractivity contribution in [1.82, 2.24) is 15.0 Å². The van der Waals surface area contributed by atoms with Crippen molar-refractivity contribution < 1.29 is 4.79 Å². The van der Waals surface area contributed by atoms with Crippen LogP contribution in [0.3, 0.4) is 0 Å². The van der Waals surface area contributed by atoms with Crippen molar-refractivity contribution in [2.45, 2.75) is 20.4 Å². The lowest BCUT2D eigenvalue weighted by atomic mass is 10.1. The number of hydrazone groups is 1. The van der Waals surface area contributed by atoms with Gasteiger partial charge in [-0.1, -0.05) is 53.0 Å². The molecule has 2 heterocycles. The number of nitrogen functional groups attached to an aromatic ring is 1. The van der Waals surface area contributed by atoms with Crippen LogP contribution >= 0.6 is 34.8 Å². The molecule has 0 saturated carbocycles. The van der Waals surface area contributed by atoms with E-state index in [-0.39, 0.29) is 26.6 Å². The highest BCUT2D eigenvalue weighted by Crippen LogP contribution is 2.34. The first-order chi connectivity index (χ1) is 12.9. The Balaban J connectivity index is 1.90. The zero-order valence-electron chi connectivity index (χ0n) is 14.6. The van der Waals surface area contributed by atoms with E-state index in [1.807, 2.05) is 31.2 Å². The second kappa shape index (κ2) is 7.76. The van der Waals surface area contributed by atoms with Gasteiger partial charge < -0.3 is 10.3 Å². The Bertz CT molecular complexity index is 1070. The maximum absolute atomic E-state index is 12.3. The molecule has 0 atom stereocenters. The molecule has 6 nitrogen and oxygen atoms in total. The summed E-state index contributed by atoms with van der Waals surface area (Å²) < 4.78 is 2.18. The van der Waals surface area contributed by atoms with Crippen molar-refractivity contribution in [3.8, 4) is 0 Å². The molecule has 0 aliphatic heterocycles. The molecule has 0 spiro atoms. The van der Waals surface area contributed by atoms with Gasteiger partial charge in [0.25, 0.3) is 5.91 Å². The van der Waals surface area contributed by atoms with E-state index in [1.165, 1.54) is 0 Å². The summed E-state index contributed by atoms with van der Waals surface area (Å²) in [5.74, 6) is -0.640. The number of benzene rings is 1. The molecule has 0 fully saturated rings. The molecule has 0 bridgehead atoms. The number of pyridine rings is 1. The lowest BCUT2D eigenvalue weighted by Gasteiger charge is -2.07. The number of para-hydroxylation sites is 1. The van der Waals surface area contributed by atoms with E-state index in [0.717, 1.165) is 28.7 Å². The van der Waals surface area contributed by atoms with Crippen LogP contribution in [0.25, 0.3) is 10.9 Å². The smallest absolute Gasteiger partial charge is 0.291 e. The Hall–Kier alpha value is -2.28. The average Bonchev–Trinajstić information content (AvgIpc) is 2.94.